The molecule has 0 saturated heterocycles. The van der Waals surface area contributed by atoms with Crippen LogP contribution in [0.15, 0.2) is 24.3 Å². The molecule has 0 aromatic heterocycles. The highest BCUT2D eigenvalue weighted by Gasteiger charge is 2.17. The number of carbonyl (C=O) groups excluding carboxylic acids is 2. The predicted octanol–water partition coefficient (Wildman–Crippen LogP) is 13.3. The van der Waals surface area contributed by atoms with E-state index in [0.717, 1.165) is 64.2 Å². The summed E-state index contributed by atoms with van der Waals surface area (Å²) in [5, 5.41) is 0. The van der Waals surface area contributed by atoms with Gasteiger partial charge in [-0.2, -0.15) is 0 Å². The monoisotopic (exact) mass is 677 g/mol. The molecule has 5 nitrogen and oxygen atoms in total. The van der Waals surface area contributed by atoms with E-state index in [2.05, 4.69) is 45.1 Å². The summed E-state index contributed by atoms with van der Waals surface area (Å²) < 4.78 is 17.2. The van der Waals surface area contributed by atoms with Gasteiger partial charge in [0.05, 0.1) is 6.61 Å². The first-order chi connectivity index (χ1) is 23.6. The first-order valence-corrected chi connectivity index (χ1v) is 20.9. The van der Waals surface area contributed by atoms with Gasteiger partial charge in [0.15, 0.2) is 6.10 Å². The molecule has 0 spiro atoms. The number of unbranched alkanes of at least 4 members (excludes halogenated alkanes) is 23. The van der Waals surface area contributed by atoms with Crippen LogP contribution in [0.25, 0.3) is 0 Å². The van der Waals surface area contributed by atoms with Crippen molar-refractivity contribution in [2.24, 2.45) is 0 Å². The van der Waals surface area contributed by atoms with Gasteiger partial charge in [0.2, 0.25) is 0 Å². The zero-order valence-electron chi connectivity index (χ0n) is 32.3. The molecule has 0 aromatic rings. The van der Waals surface area contributed by atoms with E-state index >= 15 is 0 Å². The van der Waals surface area contributed by atoms with E-state index in [4.69, 9.17) is 14.2 Å². The summed E-state index contributed by atoms with van der Waals surface area (Å²) in [6, 6.07) is 0. The Bertz CT molecular complexity index is 731. The Hall–Kier alpha value is -1.62. The lowest BCUT2D eigenvalue weighted by molar-refractivity contribution is -0.163. The van der Waals surface area contributed by atoms with Gasteiger partial charge in [0.25, 0.3) is 0 Å². The minimum absolute atomic E-state index is 0.0819. The molecule has 0 rings (SSSR count). The molecule has 1 unspecified atom stereocenters. The molecule has 0 radical (unpaired) electrons. The standard InChI is InChI=1S/C43H80O5/c1-4-7-10-13-16-19-21-22-24-25-27-30-33-36-42(44)47-40-41(39-46-38-35-32-29-18-15-12-9-6-3)48-43(45)37-34-31-28-26-23-20-17-14-11-8-5-2/h14,17,19,21,41H,4-13,15-16,18,20,22-40H2,1-3H3/b17-14-,21-19-. The van der Waals surface area contributed by atoms with Crippen molar-refractivity contribution in [2.75, 3.05) is 19.8 Å². The van der Waals surface area contributed by atoms with Crippen LogP contribution in [0, 0.1) is 0 Å². The molecule has 5 heteroatoms. The largest absolute Gasteiger partial charge is 0.462 e. The quantitative estimate of drug-likeness (QED) is 0.0370. The second kappa shape index (κ2) is 39.8. The van der Waals surface area contributed by atoms with Gasteiger partial charge in [-0.15, -0.1) is 0 Å². The Morgan fingerprint density at radius 1 is 0.438 bits per heavy atom. The topological polar surface area (TPSA) is 61.8 Å². The maximum Gasteiger partial charge on any atom is 0.306 e. The van der Waals surface area contributed by atoms with Crippen LogP contribution in [0.4, 0.5) is 0 Å². The van der Waals surface area contributed by atoms with Gasteiger partial charge in [-0.3, -0.25) is 9.59 Å². The average molecular weight is 677 g/mol. The number of allylic oxidation sites excluding steroid dienone is 4. The lowest BCUT2D eigenvalue weighted by atomic mass is 10.1. The van der Waals surface area contributed by atoms with E-state index in [9.17, 15) is 9.59 Å². The molecule has 0 aromatic carbocycles. The summed E-state index contributed by atoms with van der Waals surface area (Å²) in [6.45, 7) is 7.75. The average Bonchev–Trinajstić information content (AvgIpc) is 3.08. The second-order valence-electron chi connectivity index (χ2n) is 13.9. The van der Waals surface area contributed by atoms with Crippen LogP contribution in [0.3, 0.4) is 0 Å². The smallest absolute Gasteiger partial charge is 0.306 e. The number of hydrogen-bond acceptors (Lipinski definition) is 5. The molecule has 0 aliphatic carbocycles. The molecule has 0 aliphatic heterocycles. The fourth-order valence-corrected chi connectivity index (χ4v) is 5.78. The highest BCUT2D eigenvalue weighted by molar-refractivity contribution is 5.70. The Balaban J connectivity index is 4.22. The molecule has 0 bridgehead atoms. The van der Waals surface area contributed by atoms with Gasteiger partial charge in [0, 0.05) is 19.4 Å². The summed E-state index contributed by atoms with van der Waals surface area (Å²) in [5.74, 6) is -0.415. The van der Waals surface area contributed by atoms with Crippen LogP contribution in [0.1, 0.15) is 213 Å². The van der Waals surface area contributed by atoms with E-state index in [-0.39, 0.29) is 25.2 Å². The predicted molar refractivity (Wildman–Crippen MR) is 205 cm³/mol. The van der Waals surface area contributed by atoms with Crippen molar-refractivity contribution in [3.63, 3.8) is 0 Å². The molecular weight excluding hydrogens is 596 g/mol. The second-order valence-corrected chi connectivity index (χ2v) is 13.9. The third-order valence-corrected chi connectivity index (χ3v) is 8.96. The first kappa shape index (κ1) is 46.4. The van der Waals surface area contributed by atoms with Gasteiger partial charge in [-0.25, -0.2) is 0 Å². The van der Waals surface area contributed by atoms with Crippen molar-refractivity contribution in [1.29, 1.82) is 0 Å². The molecule has 0 heterocycles. The first-order valence-electron chi connectivity index (χ1n) is 20.9. The van der Waals surface area contributed by atoms with Crippen molar-refractivity contribution < 1.29 is 23.8 Å². The number of rotatable bonds is 38. The van der Waals surface area contributed by atoms with Gasteiger partial charge >= 0.3 is 11.9 Å². The zero-order valence-corrected chi connectivity index (χ0v) is 32.3. The lowest BCUT2D eigenvalue weighted by Gasteiger charge is -2.18. The number of esters is 2. The molecule has 0 saturated carbocycles. The highest BCUT2D eigenvalue weighted by Crippen LogP contribution is 2.13. The van der Waals surface area contributed by atoms with Crippen LogP contribution >= 0.6 is 0 Å². The minimum atomic E-state index is -0.533. The summed E-state index contributed by atoms with van der Waals surface area (Å²) >= 11 is 0. The third-order valence-electron chi connectivity index (χ3n) is 8.96. The third kappa shape index (κ3) is 37.2. The van der Waals surface area contributed by atoms with Crippen LogP contribution < -0.4 is 0 Å². The van der Waals surface area contributed by atoms with Crippen molar-refractivity contribution in [3.05, 3.63) is 24.3 Å². The Morgan fingerprint density at radius 2 is 0.833 bits per heavy atom. The molecule has 0 N–H and O–H groups in total. The number of hydrogen-bond donors (Lipinski definition) is 0. The van der Waals surface area contributed by atoms with E-state index in [1.165, 1.54) is 116 Å². The van der Waals surface area contributed by atoms with Crippen LogP contribution in [0.2, 0.25) is 0 Å². The highest BCUT2D eigenvalue weighted by atomic mass is 16.6. The van der Waals surface area contributed by atoms with Gasteiger partial charge in [-0.1, -0.05) is 161 Å². The van der Waals surface area contributed by atoms with Crippen molar-refractivity contribution in [3.8, 4) is 0 Å². The van der Waals surface area contributed by atoms with Crippen LogP contribution in [0.5, 0.6) is 0 Å². The number of carbonyl (C=O) groups is 2. The molecular formula is C43H80O5. The summed E-state index contributed by atoms with van der Waals surface area (Å²) in [4.78, 5) is 25.1. The molecule has 282 valence electrons. The zero-order chi connectivity index (χ0) is 35.0. The minimum Gasteiger partial charge on any atom is -0.462 e. The SMILES string of the molecule is CCCC/C=C\CCCCCCCC(=O)OC(COCCCCCCCCCC)COC(=O)CCCCCCC/C=C\CCCCCC. The maximum absolute atomic E-state index is 12.6. The lowest BCUT2D eigenvalue weighted by Crippen LogP contribution is -2.30. The fourth-order valence-electron chi connectivity index (χ4n) is 5.78. The molecule has 0 fully saturated rings. The Kier molecular flexibility index (Phi) is 38.5. The van der Waals surface area contributed by atoms with Crippen molar-refractivity contribution >= 4 is 11.9 Å². The Labute approximate surface area is 298 Å². The molecule has 0 aliphatic rings. The number of ether oxygens (including phenoxy) is 3. The summed E-state index contributed by atoms with van der Waals surface area (Å²) in [6.07, 6.45) is 43.1. The molecule has 1 atom stereocenters. The van der Waals surface area contributed by atoms with Crippen LogP contribution in [-0.2, 0) is 23.8 Å². The van der Waals surface area contributed by atoms with Crippen LogP contribution in [-0.4, -0.2) is 37.9 Å². The molecule has 0 amide bonds. The van der Waals surface area contributed by atoms with Gasteiger partial charge in [0.1, 0.15) is 6.61 Å². The van der Waals surface area contributed by atoms with E-state index in [1.807, 2.05) is 0 Å². The normalized spacial score (nSPS) is 12.3. The van der Waals surface area contributed by atoms with Gasteiger partial charge in [-0.05, 0) is 64.2 Å². The van der Waals surface area contributed by atoms with Crippen molar-refractivity contribution in [1.82, 2.24) is 0 Å². The summed E-state index contributed by atoms with van der Waals surface area (Å²) in [5.41, 5.74) is 0. The van der Waals surface area contributed by atoms with E-state index < -0.39 is 6.10 Å². The Morgan fingerprint density at radius 3 is 1.35 bits per heavy atom. The van der Waals surface area contributed by atoms with Crippen molar-refractivity contribution in [2.45, 2.75) is 219 Å². The summed E-state index contributed by atoms with van der Waals surface area (Å²) in [7, 11) is 0. The van der Waals surface area contributed by atoms with E-state index in [1.54, 1.807) is 0 Å². The fraction of sp³-hybridized carbons (Fsp3) is 0.860. The van der Waals surface area contributed by atoms with E-state index in [0.29, 0.717) is 19.4 Å². The maximum atomic E-state index is 12.6. The van der Waals surface area contributed by atoms with Gasteiger partial charge < -0.3 is 14.2 Å². The molecule has 48 heavy (non-hydrogen) atoms.